The number of rotatable bonds is 8. The summed E-state index contributed by atoms with van der Waals surface area (Å²) in [6, 6.07) is 15.4. The highest BCUT2D eigenvalue weighted by atomic mass is 16.5. The monoisotopic (exact) mass is 368 g/mol. The predicted octanol–water partition coefficient (Wildman–Crippen LogP) is 2.49. The smallest absolute Gasteiger partial charge is 0.251 e. The number of amides is 1. The standard InChI is InChI=1S/C21H28N4O2/c1-4-22-21(25-15-17-8-6-10-19(14-17)27-3)24-12-11-23-20(26)18-9-5-7-16(2)13-18/h5-10,13-14H,4,11-12,15H2,1-3H3,(H,23,26)(H2,22,24,25). The van der Waals surface area contributed by atoms with Crippen LogP contribution in [0.3, 0.4) is 0 Å². The second-order valence-corrected chi connectivity index (χ2v) is 6.10. The van der Waals surface area contributed by atoms with E-state index in [-0.39, 0.29) is 5.91 Å². The molecule has 6 nitrogen and oxygen atoms in total. The van der Waals surface area contributed by atoms with E-state index < -0.39 is 0 Å². The fourth-order valence-corrected chi connectivity index (χ4v) is 2.53. The quantitative estimate of drug-likeness (QED) is 0.380. The first-order valence-electron chi connectivity index (χ1n) is 9.12. The molecule has 0 aliphatic rings. The number of nitrogens with one attached hydrogen (secondary N) is 3. The first kappa shape index (κ1) is 20.3. The molecule has 2 aromatic rings. The van der Waals surface area contributed by atoms with E-state index in [1.165, 1.54) is 0 Å². The van der Waals surface area contributed by atoms with Crippen molar-refractivity contribution < 1.29 is 9.53 Å². The number of methoxy groups -OCH3 is 1. The molecule has 0 aliphatic carbocycles. The van der Waals surface area contributed by atoms with Crippen LogP contribution >= 0.6 is 0 Å². The largest absolute Gasteiger partial charge is 0.497 e. The van der Waals surface area contributed by atoms with E-state index in [0.717, 1.165) is 23.4 Å². The molecule has 0 saturated heterocycles. The molecule has 0 spiro atoms. The number of guanidine groups is 1. The summed E-state index contributed by atoms with van der Waals surface area (Å²) in [5, 5.41) is 9.35. The van der Waals surface area contributed by atoms with Gasteiger partial charge in [0, 0.05) is 25.2 Å². The van der Waals surface area contributed by atoms with Gasteiger partial charge in [-0.25, -0.2) is 4.99 Å². The Morgan fingerprint density at radius 1 is 1.04 bits per heavy atom. The Morgan fingerprint density at radius 3 is 2.56 bits per heavy atom. The number of ether oxygens (including phenoxy) is 1. The lowest BCUT2D eigenvalue weighted by atomic mass is 10.1. The topological polar surface area (TPSA) is 74.8 Å². The Labute approximate surface area is 161 Å². The molecule has 0 aliphatic heterocycles. The number of carbonyl (C=O) groups is 1. The second-order valence-electron chi connectivity index (χ2n) is 6.10. The highest BCUT2D eigenvalue weighted by molar-refractivity contribution is 5.94. The highest BCUT2D eigenvalue weighted by Crippen LogP contribution is 2.13. The number of hydrogen-bond donors (Lipinski definition) is 3. The molecule has 3 N–H and O–H groups in total. The lowest BCUT2D eigenvalue weighted by molar-refractivity contribution is 0.0954. The zero-order chi connectivity index (χ0) is 19.5. The summed E-state index contributed by atoms with van der Waals surface area (Å²) in [6.45, 7) is 6.39. The average Bonchev–Trinajstić information content (AvgIpc) is 2.69. The van der Waals surface area contributed by atoms with Gasteiger partial charge in [-0.3, -0.25) is 4.79 Å². The second kappa shape index (κ2) is 10.9. The van der Waals surface area contributed by atoms with Crippen LogP contribution in [0.5, 0.6) is 5.75 Å². The third-order valence-corrected chi connectivity index (χ3v) is 3.88. The van der Waals surface area contributed by atoms with E-state index in [1.54, 1.807) is 7.11 Å². The summed E-state index contributed by atoms with van der Waals surface area (Å²) in [5.74, 6) is 1.46. The van der Waals surface area contributed by atoms with Crippen LogP contribution in [0.4, 0.5) is 0 Å². The summed E-state index contributed by atoms with van der Waals surface area (Å²) in [4.78, 5) is 16.7. The van der Waals surface area contributed by atoms with Crippen LogP contribution in [0.2, 0.25) is 0 Å². The van der Waals surface area contributed by atoms with Crippen molar-refractivity contribution in [3.8, 4) is 5.75 Å². The maximum Gasteiger partial charge on any atom is 0.251 e. The van der Waals surface area contributed by atoms with Crippen LogP contribution in [0, 0.1) is 6.92 Å². The van der Waals surface area contributed by atoms with E-state index in [4.69, 9.17) is 4.74 Å². The van der Waals surface area contributed by atoms with Gasteiger partial charge in [0.25, 0.3) is 5.91 Å². The lowest BCUT2D eigenvalue weighted by Gasteiger charge is -2.12. The normalized spacial score (nSPS) is 11.0. The van der Waals surface area contributed by atoms with Crippen molar-refractivity contribution in [3.63, 3.8) is 0 Å². The Balaban J connectivity index is 1.82. The Bertz CT molecular complexity index is 774. The molecule has 0 unspecified atom stereocenters. The number of carbonyl (C=O) groups excluding carboxylic acids is 1. The van der Waals surface area contributed by atoms with Crippen LogP contribution in [-0.2, 0) is 6.54 Å². The zero-order valence-electron chi connectivity index (χ0n) is 16.2. The molecular weight excluding hydrogens is 340 g/mol. The van der Waals surface area contributed by atoms with E-state index >= 15 is 0 Å². The van der Waals surface area contributed by atoms with Crippen molar-refractivity contribution in [2.24, 2.45) is 4.99 Å². The van der Waals surface area contributed by atoms with Gasteiger partial charge in [-0.2, -0.15) is 0 Å². The van der Waals surface area contributed by atoms with Gasteiger partial charge in [-0.1, -0.05) is 29.8 Å². The van der Waals surface area contributed by atoms with Gasteiger partial charge in [-0.05, 0) is 43.7 Å². The Hall–Kier alpha value is -3.02. The van der Waals surface area contributed by atoms with Crippen molar-refractivity contribution in [1.29, 1.82) is 0 Å². The maximum atomic E-state index is 12.1. The van der Waals surface area contributed by atoms with Gasteiger partial charge in [0.05, 0.1) is 13.7 Å². The molecule has 2 rings (SSSR count). The summed E-state index contributed by atoms with van der Waals surface area (Å²) in [7, 11) is 1.65. The number of nitrogens with zero attached hydrogens (tertiary/aromatic N) is 1. The van der Waals surface area contributed by atoms with E-state index in [9.17, 15) is 4.79 Å². The van der Waals surface area contributed by atoms with Gasteiger partial charge < -0.3 is 20.7 Å². The third kappa shape index (κ3) is 7.01. The minimum Gasteiger partial charge on any atom is -0.497 e. The van der Waals surface area contributed by atoms with Crippen LogP contribution in [0.25, 0.3) is 0 Å². The summed E-state index contributed by atoms with van der Waals surface area (Å²) in [6.07, 6.45) is 0. The van der Waals surface area contributed by atoms with Gasteiger partial charge in [0.15, 0.2) is 5.96 Å². The average molecular weight is 368 g/mol. The van der Waals surface area contributed by atoms with Crippen molar-refractivity contribution >= 4 is 11.9 Å². The molecule has 0 atom stereocenters. The van der Waals surface area contributed by atoms with E-state index in [1.807, 2.05) is 62.4 Å². The lowest BCUT2D eigenvalue weighted by Crippen LogP contribution is -2.41. The Kier molecular flexibility index (Phi) is 8.16. The third-order valence-electron chi connectivity index (χ3n) is 3.88. The zero-order valence-corrected chi connectivity index (χ0v) is 16.2. The van der Waals surface area contributed by atoms with Crippen molar-refractivity contribution in [1.82, 2.24) is 16.0 Å². The molecule has 0 heterocycles. The van der Waals surface area contributed by atoms with E-state index in [2.05, 4.69) is 20.9 Å². The summed E-state index contributed by atoms with van der Waals surface area (Å²) < 4.78 is 5.23. The molecule has 27 heavy (non-hydrogen) atoms. The van der Waals surface area contributed by atoms with Crippen LogP contribution < -0.4 is 20.7 Å². The van der Waals surface area contributed by atoms with Crippen molar-refractivity contribution in [2.75, 3.05) is 26.7 Å². The fraction of sp³-hybridized carbons (Fsp3) is 0.333. The molecule has 144 valence electrons. The van der Waals surface area contributed by atoms with Gasteiger partial charge >= 0.3 is 0 Å². The highest BCUT2D eigenvalue weighted by Gasteiger charge is 2.04. The molecule has 0 saturated carbocycles. The molecule has 6 heteroatoms. The van der Waals surface area contributed by atoms with Gasteiger partial charge in [0.2, 0.25) is 0 Å². The maximum absolute atomic E-state index is 12.1. The summed E-state index contributed by atoms with van der Waals surface area (Å²) in [5.41, 5.74) is 2.81. The van der Waals surface area contributed by atoms with Crippen LogP contribution in [0.1, 0.15) is 28.4 Å². The minimum atomic E-state index is -0.0705. The van der Waals surface area contributed by atoms with Crippen LogP contribution in [-0.4, -0.2) is 38.6 Å². The molecule has 2 aromatic carbocycles. The van der Waals surface area contributed by atoms with Gasteiger partial charge in [0.1, 0.15) is 5.75 Å². The predicted molar refractivity (Wildman–Crippen MR) is 109 cm³/mol. The minimum absolute atomic E-state index is 0.0705. The molecule has 0 aromatic heterocycles. The molecule has 1 amide bonds. The molecule has 0 fully saturated rings. The van der Waals surface area contributed by atoms with Crippen molar-refractivity contribution in [3.05, 3.63) is 65.2 Å². The van der Waals surface area contributed by atoms with Crippen LogP contribution in [0.15, 0.2) is 53.5 Å². The number of benzene rings is 2. The number of aliphatic imine (C=N–C) groups is 1. The molecule has 0 radical (unpaired) electrons. The fourth-order valence-electron chi connectivity index (χ4n) is 2.53. The number of aryl methyl sites for hydroxylation is 1. The SMILES string of the molecule is CCNC(=NCc1cccc(OC)c1)NCCNC(=O)c1cccc(C)c1. The number of hydrogen-bond acceptors (Lipinski definition) is 3. The first-order chi connectivity index (χ1) is 13.1. The first-order valence-corrected chi connectivity index (χ1v) is 9.12. The summed E-state index contributed by atoms with van der Waals surface area (Å²) >= 11 is 0. The molecule has 0 bridgehead atoms. The van der Waals surface area contributed by atoms with Crippen molar-refractivity contribution in [2.45, 2.75) is 20.4 Å². The van der Waals surface area contributed by atoms with Gasteiger partial charge in [-0.15, -0.1) is 0 Å². The van der Waals surface area contributed by atoms with E-state index in [0.29, 0.717) is 31.2 Å². The molecular formula is C21H28N4O2. The Morgan fingerprint density at radius 2 is 1.81 bits per heavy atom.